The second kappa shape index (κ2) is 6.15. The minimum absolute atomic E-state index is 0.0475. The molecule has 5 heteroatoms. The van der Waals surface area contributed by atoms with Gasteiger partial charge in [0.1, 0.15) is 0 Å². The van der Waals surface area contributed by atoms with E-state index < -0.39 is 6.03 Å². The van der Waals surface area contributed by atoms with Crippen LogP contribution < -0.4 is 11.1 Å². The Morgan fingerprint density at radius 3 is 2.94 bits per heavy atom. The number of hydrogen-bond acceptors (Lipinski definition) is 2. The first-order valence-corrected chi connectivity index (χ1v) is 5.58. The van der Waals surface area contributed by atoms with Crippen molar-refractivity contribution in [2.75, 3.05) is 19.6 Å². The van der Waals surface area contributed by atoms with Crippen molar-refractivity contribution in [3.63, 3.8) is 0 Å². The molecule has 0 spiro atoms. The number of amides is 3. The molecule has 0 aliphatic carbocycles. The van der Waals surface area contributed by atoms with Crippen molar-refractivity contribution in [1.82, 2.24) is 10.2 Å². The van der Waals surface area contributed by atoms with Gasteiger partial charge in [-0.3, -0.25) is 4.79 Å². The van der Waals surface area contributed by atoms with Gasteiger partial charge in [0.15, 0.2) is 0 Å². The maximum atomic E-state index is 11.6. The summed E-state index contributed by atoms with van der Waals surface area (Å²) in [6.45, 7) is 3.88. The standard InChI is InChI=1S/C11H19N3O2/c1-2-4-10(15)14-6-3-5-9(8-14)7-13-11(12)16/h2,4,9H,3,5-8H2,1H3,(H3,12,13,16). The van der Waals surface area contributed by atoms with E-state index in [1.54, 1.807) is 12.2 Å². The minimum Gasteiger partial charge on any atom is -0.352 e. The molecule has 1 saturated heterocycles. The molecule has 5 nitrogen and oxygen atoms in total. The summed E-state index contributed by atoms with van der Waals surface area (Å²) in [6.07, 6.45) is 5.33. The van der Waals surface area contributed by atoms with Crippen LogP contribution in [0.2, 0.25) is 0 Å². The fourth-order valence-electron chi connectivity index (χ4n) is 1.92. The zero-order chi connectivity index (χ0) is 12.0. The summed E-state index contributed by atoms with van der Waals surface area (Å²) in [5, 5.41) is 2.59. The van der Waals surface area contributed by atoms with Crippen molar-refractivity contribution in [2.24, 2.45) is 11.7 Å². The third-order valence-electron chi connectivity index (χ3n) is 2.70. The summed E-state index contributed by atoms with van der Waals surface area (Å²) in [6, 6.07) is -0.503. The van der Waals surface area contributed by atoms with Crippen LogP contribution in [0.1, 0.15) is 19.8 Å². The van der Waals surface area contributed by atoms with Crippen molar-refractivity contribution in [2.45, 2.75) is 19.8 Å². The molecule has 3 amide bonds. The number of nitrogens with two attached hydrogens (primary N) is 1. The van der Waals surface area contributed by atoms with Gasteiger partial charge in [-0.25, -0.2) is 4.79 Å². The highest BCUT2D eigenvalue weighted by Gasteiger charge is 2.22. The van der Waals surface area contributed by atoms with Crippen molar-refractivity contribution < 1.29 is 9.59 Å². The number of hydrogen-bond donors (Lipinski definition) is 2. The van der Waals surface area contributed by atoms with Gasteiger partial charge >= 0.3 is 6.03 Å². The summed E-state index contributed by atoms with van der Waals surface area (Å²) in [5.74, 6) is 0.363. The molecule has 3 N–H and O–H groups in total. The lowest BCUT2D eigenvalue weighted by Gasteiger charge is -2.32. The van der Waals surface area contributed by atoms with Gasteiger partial charge in [0.25, 0.3) is 0 Å². The highest BCUT2D eigenvalue weighted by molar-refractivity contribution is 5.87. The first-order chi connectivity index (χ1) is 7.63. The molecule has 90 valence electrons. The topological polar surface area (TPSA) is 75.4 Å². The minimum atomic E-state index is -0.503. The van der Waals surface area contributed by atoms with E-state index in [2.05, 4.69) is 5.32 Å². The number of primary amides is 1. The molecule has 1 aliphatic heterocycles. The maximum Gasteiger partial charge on any atom is 0.312 e. The number of nitrogens with zero attached hydrogens (tertiary/aromatic N) is 1. The van der Waals surface area contributed by atoms with Crippen LogP contribution in [-0.4, -0.2) is 36.5 Å². The molecule has 1 heterocycles. The van der Waals surface area contributed by atoms with Gasteiger partial charge in [0.05, 0.1) is 0 Å². The lowest BCUT2D eigenvalue weighted by Crippen LogP contribution is -2.44. The van der Waals surface area contributed by atoms with E-state index in [1.807, 2.05) is 11.8 Å². The third-order valence-corrected chi connectivity index (χ3v) is 2.70. The van der Waals surface area contributed by atoms with E-state index in [4.69, 9.17) is 5.73 Å². The molecule has 0 aromatic heterocycles. The molecule has 1 aliphatic rings. The van der Waals surface area contributed by atoms with E-state index in [0.717, 1.165) is 19.4 Å². The molecule has 1 atom stereocenters. The number of allylic oxidation sites excluding steroid dienone is 1. The first kappa shape index (κ1) is 12.5. The Hall–Kier alpha value is -1.52. The second-order valence-corrected chi connectivity index (χ2v) is 4.04. The van der Waals surface area contributed by atoms with Crippen LogP contribution in [0.5, 0.6) is 0 Å². The molecule has 0 aromatic rings. The zero-order valence-electron chi connectivity index (χ0n) is 9.61. The van der Waals surface area contributed by atoms with Crippen LogP contribution in [0, 0.1) is 5.92 Å². The van der Waals surface area contributed by atoms with E-state index in [1.165, 1.54) is 0 Å². The molecular weight excluding hydrogens is 206 g/mol. The zero-order valence-corrected chi connectivity index (χ0v) is 9.61. The van der Waals surface area contributed by atoms with E-state index in [0.29, 0.717) is 19.0 Å². The summed E-state index contributed by atoms with van der Waals surface area (Å²) in [5.41, 5.74) is 5.01. The molecule has 0 radical (unpaired) electrons. The largest absolute Gasteiger partial charge is 0.352 e. The van der Waals surface area contributed by atoms with Crippen molar-refractivity contribution in [3.05, 3.63) is 12.2 Å². The van der Waals surface area contributed by atoms with E-state index in [9.17, 15) is 9.59 Å². The number of carbonyl (C=O) groups excluding carboxylic acids is 2. The van der Waals surface area contributed by atoms with Gasteiger partial charge in [0, 0.05) is 19.6 Å². The number of urea groups is 1. The molecule has 0 bridgehead atoms. The molecular formula is C11H19N3O2. The highest BCUT2D eigenvalue weighted by atomic mass is 16.2. The average molecular weight is 225 g/mol. The number of rotatable bonds is 3. The van der Waals surface area contributed by atoms with Crippen molar-refractivity contribution in [1.29, 1.82) is 0 Å². The number of carbonyl (C=O) groups is 2. The normalized spacial score (nSPS) is 21.1. The van der Waals surface area contributed by atoms with E-state index >= 15 is 0 Å². The predicted molar refractivity (Wildman–Crippen MR) is 61.7 cm³/mol. The lowest BCUT2D eigenvalue weighted by molar-refractivity contribution is -0.127. The summed E-state index contributed by atoms with van der Waals surface area (Å²) in [4.78, 5) is 24.0. The van der Waals surface area contributed by atoms with Gasteiger partial charge in [-0.1, -0.05) is 6.08 Å². The average Bonchev–Trinajstić information content (AvgIpc) is 2.27. The number of nitrogens with one attached hydrogen (secondary N) is 1. The molecule has 1 fully saturated rings. The van der Waals surface area contributed by atoms with Gasteiger partial charge in [0.2, 0.25) is 5.91 Å². The third kappa shape index (κ3) is 3.92. The Bertz CT molecular complexity index is 289. The molecule has 1 unspecified atom stereocenters. The Balaban J connectivity index is 2.40. The summed E-state index contributed by atoms with van der Waals surface area (Å²) >= 11 is 0. The second-order valence-electron chi connectivity index (χ2n) is 4.04. The van der Waals surface area contributed by atoms with Gasteiger partial charge in [-0.2, -0.15) is 0 Å². The van der Waals surface area contributed by atoms with Gasteiger partial charge in [-0.05, 0) is 31.8 Å². The summed E-state index contributed by atoms with van der Waals surface area (Å²) in [7, 11) is 0. The Morgan fingerprint density at radius 2 is 2.31 bits per heavy atom. The SMILES string of the molecule is CC=CC(=O)N1CCCC(CNC(N)=O)C1. The van der Waals surface area contributed by atoms with Crippen molar-refractivity contribution in [3.8, 4) is 0 Å². The molecule has 0 aromatic carbocycles. The van der Waals surface area contributed by atoms with Crippen LogP contribution in [0.4, 0.5) is 4.79 Å². The Morgan fingerprint density at radius 1 is 1.56 bits per heavy atom. The quantitative estimate of drug-likeness (QED) is 0.685. The fraction of sp³-hybridized carbons (Fsp3) is 0.636. The van der Waals surface area contributed by atoms with Gasteiger partial charge < -0.3 is 16.0 Å². The van der Waals surface area contributed by atoms with Crippen molar-refractivity contribution >= 4 is 11.9 Å². The highest BCUT2D eigenvalue weighted by Crippen LogP contribution is 2.15. The van der Waals surface area contributed by atoms with Crippen LogP contribution in [0.25, 0.3) is 0 Å². The molecule has 0 saturated carbocycles. The Labute approximate surface area is 95.7 Å². The first-order valence-electron chi connectivity index (χ1n) is 5.58. The van der Waals surface area contributed by atoms with Crippen LogP contribution in [0.3, 0.4) is 0 Å². The molecule has 1 rings (SSSR count). The van der Waals surface area contributed by atoms with Crippen LogP contribution in [-0.2, 0) is 4.79 Å². The monoisotopic (exact) mass is 225 g/mol. The van der Waals surface area contributed by atoms with Crippen LogP contribution >= 0.6 is 0 Å². The predicted octanol–water partition coefficient (Wildman–Crippen LogP) is 0.469. The van der Waals surface area contributed by atoms with Gasteiger partial charge in [-0.15, -0.1) is 0 Å². The summed E-state index contributed by atoms with van der Waals surface area (Å²) < 4.78 is 0. The lowest BCUT2D eigenvalue weighted by atomic mass is 9.98. The number of piperidine rings is 1. The van der Waals surface area contributed by atoms with E-state index in [-0.39, 0.29) is 5.91 Å². The Kier molecular flexibility index (Phi) is 4.82. The maximum absolute atomic E-state index is 11.6. The van der Waals surface area contributed by atoms with Crippen LogP contribution in [0.15, 0.2) is 12.2 Å². The smallest absolute Gasteiger partial charge is 0.312 e. The number of likely N-dealkylation sites (tertiary alicyclic amines) is 1. The molecule has 16 heavy (non-hydrogen) atoms. The fourth-order valence-corrected chi connectivity index (χ4v) is 1.92.